The summed E-state index contributed by atoms with van der Waals surface area (Å²) in [6.45, 7) is 6.32. The second-order valence-electron chi connectivity index (χ2n) is 5.95. The van der Waals surface area contributed by atoms with Gasteiger partial charge in [0, 0.05) is 20.8 Å². The zero-order valence-corrected chi connectivity index (χ0v) is 17.4. The van der Waals surface area contributed by atoms with Crippen molar-refractivity contribution < 1.29 is 45.5 Å². The average Bonchev–Trinajstić information content (AvgIpc) is 3.10. The molecule has 2 aromatic rings. The number of aromatic nitrogens is 4. The SMILES string of the molecule is CC(=O)Nc1c(C(F)(F)F)n[nH]c1C.CC(=O)OC(C)=O.Cc1[nH]nc(C(F)(F)F)c1N. The van der Waals surface area contributed by atoms with E-state index in [0.717, 1.165) is 6.92 Å². The molecule has 0 aliphatic heterocycles. The molecule has 0 unspecified atom stereocenters. The van der Waals surface area contributed by atoms with Crippen LogP contribution in [0.5, 0.6) is 0 Å². The number of rotatable bonds is 1. The molecule has 1 amide bonds. The van der Waals surface area contributed by atoms with Crippen molar-refractivity contribution in [1.29, 1.82) is 0 Å². The summed E-state index contributed by atoms with van der Waals surface area (Å²) in [6.07, 6.45) is -9.03. The van der Waals surface area contributed by atoms with Gasteiger partial charge in [0.15, 0.2) is 11.4 Å². The van der Waals surface area contributed by atoms with E-state index in [4.69, 9.17) is 5.73 Å². The lowest BCUT2D eigenvalue weighted by Gasteiger charge is -2.06. The average molecular weight is 474 g/mol. The molecule has 2 aromatic heterocycles. The molecule has 16 heteroatoms. The number of aryl methyl sites for hydroxylation is 2. The molecule has 0 spiro atoms. The van der Waals surface area contributed by atoms with Crippen molar-refractivity contribution in [2.75, 3.05) is 11.1 Å². The Morgan fingerprint density at radius 2 is 1.25 bits per heavy atom. The monoisotopic (exact) mass is 474 g/mol. The van der Waals surface area contributed by atoms with Crippen LogP contribution in [0.1, 0.15) is 43.5 Å². The van der Waals surface area contributed by atoms with E-state index in [1.54, 1.807) is 0 Å². The van der Waals surface area contributed by atoms with Crippen LogP contribution in [0.25, 0.3) is 0 Å². The Labute approximate surface area is 176 Å². The van der Waals surface area contributed by atoms with Crippen LogP contribution in [0.3, 0.4) is 0 Å². The van der Waals surface area contributed by atoms with E-state index in [1.165, 1.54) is 27.7 Å². The standard InChI is InChI=1S/C7H8F3N3O.C5H6F3N3.C4H6O3/c1-3-5(11-4(2)14)6(13-12-3)7(8,9)10;1-2-3(9)4(11-10-2)5(6,7)8;1-3(5)7-4(2)6/h1-2H3,(H,11,14)(H,12,13);9H2,1H3,(H,10,11);1-2H3. The van der Waals surface area contributed by atoms with Crippen molar-refractivity contribution in [3.63, 3.8) is 0 Å². The summed E-state index contributed by atoms with van der Waals surface area (Å²) < 4.78 is 76.5. The van der Waals surface area contributed by atoms with Gasteiger partial charge < -0.3 is 15.8 Å². The number of aromatic amines is 2. The molecule has 0 bridgehead atoms. The van der Waals surface area contributed by atoms with Gasteiger partial charge in [0.2, 0.25) is 5.91 Å². The first kappa shape index (κ1) is 28.4. The Kier molecular flexibility index (Phi) is 9.90. The van der Waals surface area contributed by atoms with Crippen LogP contribution in [0.15, 0.2) is 0 Å². The van der Waals surface area contributed by atoms with Crippen LogP contribution >= 0.6 is 0 Å². The molecule has 2 heterocycles. The first-order valence-corrected chi connectivity index (χ1v) is 8.34. The molecule has 10 nitrogen and oxygen atoms in total. The van der Waals surface area contributed by atoms with Gasteiger partial charge in [0.25, 0.3) is 0 Å². The van der Waals surface area contributed by atoms with E-state index in [0.29, 0.717) is 0 Å². The number of nitrogens with zero attached hydrogens (tertiary/aromatic N) is 2. The smallest absolute Gasteiger partial charge is 0.395 e. The van der Waals surface area contributed by atoms with Crippen molar-refractivity contribution in [2.45, 2.75) is 47.0 Å². The summed E-state index contributed by atoms with van der Waals surface area (Å²) in [5.74, 6) is -1.69. The van der Waals surface area contributed by atoms with Crippen molar-refractivity contribution in [1.82, 2.24) is 20.4 Å². The normalized spacial score (nSPS) is 10.8. The maximum Gasteiger partial charge on any atom is 0.437 e. The van der Waals surface area contributed by atoms with Crippen LogP contribution in [0.4, 0.5) is 37.7 Å². The van der Waals surface area contributed by atoms with Gasteiger partial charge in [0.05, 0.1) is 22.8 Å². The van der Waals surface area contributed by atoms with Gasteiger partial charge in [-0.2, -0.15) is 36.5 Å². The highest BCUT2D eigenvalue weighted by molar-refractivity contribution is 5.90. The highest BCUT2D eigenvalue weighted by Gasteiger charge is 2.38. The number of halogens is 6. The Bertz CT molecular complexity index is 936. The highest BCUT2D eigenvalue weighted by atomic mass is 19.4. The number of ether oxygens (including phenoxy) is 1. The third-order valence-corrected chi connectivity index (χ3v) is 3.07. The van der Waals surface area contributed by atoms with E-state index in [1.807, 2.05) is 0 Å². The third kappa shape index (κ3) is 9.48. The van der Waals surface area contributed by atoms with Crippen molar-refractivity contribution >= 4 is 29.2 Å². The van der Waals surface area contributed by atoms with E-state index < -0.39 is 41.6 Å². The number of amides is 1. The summed E-state index contributed by atoms with van der Waals surface area (Å²) in [5.41, 5.74) is 2.68. The molecule has 0 aliphatic carbocycles. The molecule has 0 aromatic carbocycles. The molecule has 180 valence electrons. The lowest BCUT2D eigenvalue weighted by Crippen LogP contribution is -2.13. The van der Waals surface area contributed by atoms with Crippen LogP contribution in [-0.2, 0) is 31.5 Å². The number of anilines is 2. The zero-order chi connectivity index (χ0) is 25.4. The Morgan fingerprint density at radius 1 is 0.844 bits per heavy atom. The Morgan fingerprint density at radius 3 is 1.50 bits per heavy atom. The highest BCUT2D eigenvalue weighted by Crippen LogP contribution is 2.34. The molecule has 32 heavy (non-hydrogen) atoms. The fraction of sp³-hybridized carbons (Fsp3) is 0.438. The van der Waals surface area contributed by atoms with Crippen LogP contribution in [0.2, 0.25) is 0 Å². The fourth-order valence-electron chi connectivity index (χ4n) is 1.82. The van der Waals surface area contributed by atoms with Gasteiger partial charge in [-0.1, -0.05) is 0 Å². The minimum absolute atomic E-state index is 0.174. The fourth-order valence-corrected chi connectivity index (χ4v) is 1.82. The summed E-state index contributed by atoms with van der Waals surface area (Å²) in [4.78, 5) is 30.2. The summed E-state index contributed by atoms with van der Waals surface area (Å²) in [5, 5.41) is 12.5. The van der Waals surface area contributed by atoms with Crippen molar-refractivity contribution in [3.8, 4) is 0 Å². The molecule has 0 aliphatic rings. The van der Waals surface area contributed by atoms with E-state index >= 15 is 0 Å². The number of nitrogen functional groups attached to an aromatic ring is 1. The van der Waals surface area contributed by atoms with Crippen LogP contribution in [-0.4, -0.2) is 38.2 Å². The molecule has 0 saturated heterocycles. The molecule has 0 radical (unpaired) electrons. The van der Waals surface area contributed by atoms with Crippen molar-refractivity contribution in [2.24, 2.45) is 0 Å². The van der Waals surface area contributed by atoms with E-state index in [2.05, 4.69) is 30.4 Å². The molecule has 0 saturated carbocycles. The second kappa shape index (κ2) is 11.1. The number of nitrogens with one attached hydrogen (secondary N) is 3. The number of hydrogen-bond acceptors (Lipinski definition) is 7. The first-order valence-electron chi connectivity index (χ1n) is 8.34. The number of carbonyl (C=O) groups is 3. The number of esters is 2. The van der Waals surface area contributed by atoms with Crippen LogP contribution in [0, 0.1) is 13.8 Å². The molecule has 0 atom stereocenters. The Balaban J connectivity index is 0.000000478. The topological polar surface area (TPSA) is 156 Å². The zero-order valence-electron chi connectivity index (χ0n) is 17.4. The summed E-state index contributed by atoms with van der Waals surface area (Å²) in [7, 11) is 0. The molecular formula is C16H20F6N6O4. The first-order chi connectivity index (χ1) is 14.4. The third-order valence-electron chi connectivity index (χ3n) is 3.07. The predicted octanol–water partition coefficient (Wildman–Crippen LogP) is 3.11. The van der Waals surface area contributed by atoms with Gasteiger partial charge in [-0.05, 0) is 13.8 Å². The summed E-state index contributed by atoms with van der Waals surface area (Å²) in [6, 6.07) is 0. The maximum atomic E-state index is 12.3. The van der Waals surface area contributed by atoms with E-state index in [-0.39, 0.29) is 22.8 Å². The second-order valence-corrected chi connectivity index (χ2v) is 5.95. The lowest BCUT2D eigenvalue weighted by molar-refractivity contribution is -0.156. The number of alkyl halides is 6. The minimum atomic E-state index is -4.57. The predicted molar refractivity (Wildman–Crippen MR) is 97.8 cm³/mol. The maximum absolute atomic E-state index is 12.3. The summed E-state index contributed by atoms with van der Waals surface area (Å²) >= 11 is 0. The van der Waals surface area contributed by atoms with Gasteiger partial charge in [-0.25, -0.2) is 0 Å². The van der Waals surface area contributed by atoms with Gasteiger partial charge in [-0.3, -0.25) is 24.6 Å². The van der Waals surface area contributed by atoms with Gasteiger partial charge in [0.1, 0.15) is 0 Å². The lowest BCUT2D eigenvalue weighted by atomic mass is 10.3. The molecule has 0 fully saturated rings. The van der Waals surface area contributed by atoms with Crippen molar-refractivity contribution in [3.05, 3.63) is 22.8 Å². The Hall–Kier alpha value is -3.59. The minimum Gasteiger partial charge on any atom is -0.395 e. The number of H-pyrrole nitrogens is 2. The number of carbonyl (C=O) groups excluding carboxylic acids is 3. The number of nitrogens with two attached hydrogens (primary N) is 1. The van der Waals surface area contributed by atoms with Gasteiger partial charge in [-0.15, -0.1) is 0 Å². The molecule has 2 rings (SSSR count). The van der Waals surface area contributed by atoms with E-state index in [9.17, 15) is 40.7 Å². The number of hydrogen-bond donors (Lipinski definition) is 4. The molecule has 5 N–H and O–H groups in total. The van der Waals surface area contributed by atoms with Gasteiger partial charge >= 0.3 is 24.3 Å². The molecular weight excluding hydrogens is 454 g/mol. The quantitative estimate of drug-likeness (QED) is 0.281. The largest absolute Gasteiger partial charge is 0.437 e. The van der Waals surface area contributed by atoms with Crippen LogP contribution < -0.4 is 11.1 Å².